The molecule has 0 bridgehead atoms. The van der Waals surface area contributed by atoms with Crippen LogP contribution in [-0.2, 0) is 7.05 Å². The van der Waals surface area contributed by atoms with Crippen molar-refractivity contribution in [2.24, 2.45) is 13.0 Å². The molecule has 3 heterocycles. The van der Waals surface area contributed by atoms with Gasteiger partial charge in [0.1, 0.15) is 10.7 Å². The third-order valence-electron chi connectivity index (χ3n) is 4.43. The van der Waals surface area contributed by atoms with Gasteiger partial charge < -0.3 is 4.90 Å². The lowest BCUT2D eigenvalue weighted by Crippen LogP contribution is -2.55. The van der Waals surface area contributed by atoms with Gasteiger partial charge in [0.15, 0.2) is 0 Å². The monoisotopic (exact) mass is 333 g/mol. The molecule has 23 heavy (non-hydrogen) atoms. The normalized spacial score (nSPS) is 19.5. The molecule has 1 atom stereocenters. The average Bonchev–Trinajstić information content (AvgIpc) is 3.15. The summed E-state index contributed by atoms with van der Waals surface area (Å²) in [7, 11) is 4.01. The first-order valence-corrected chi connectivity index (χ1v) is 8.77. The molecule has 1 unspecified atom stereocenters. The highest BCUT2D eigenvalue weighted by molar-refractivity contribution is 7.13. The van der Waals surface area contributed by atoms with Crippen molar-refractivity contribution in [2.75, 3.05) is 26.7 Å². The molecule has 0 radical (unpaired) electrons. The summed E-state index contributed by atoms with van der Waals surface area (Å²) in [5, 5.41) is 6.86. The molecule has 1 saturated heterocycles. The molecule has 0 aromatic carbocycles. The summed E-state index contributed by atoms with van der Waals surface area (Å²) in [6, 6.07) is 0.407. The average molecular weight is 333 g/mol. The molecule has 1 fully saturated rings. The van der Waals surface area contributed by atoms with Crippen LogP contribution in [0.25, 0.3) is 10.6 Å². The first-order valence-electron chi connectivity index (χ1n) is 7.89. The van der Waals surface area contributed by atoms with Crippen molar-refractivity contribution in [3.63, 3.8) is 0 Å². The van der Waals surface area contributed by atoms with E-state index in [1.54, 1.807) is 10.9 Å². The lowest BCUT2D eigenvalue weighted by molar-refractivity contribution is 0.0461. The fourth-order valence-electron chi connectivity index (χ4n) is 3.00. The van der Waals surface area contributed by atoms with E-state index in [-0.39, 0.29) is 5.91 Å². The minimum absolute atomic E-state index is 0.0372. The summed E-state index contributed by atoms with van der Waals surface area (Å²) in [5.41, 5.74) is 1.50. The Hall–Kier alpha value is -1.73. The number of likely N-dealkylation sites (N-methyl/N-ethyl adjacent to an activating group) is 1. The number of amides is 1. The standard InChI is InChI=1S/C16H23N5OS/c1-11(2)14-9-21(6-5-19(14)3)16(22)13-10-23-15(18-13)12-7-17-20(4)8-12/h7-8,10-11,14H,5-6,9H2,1-4H3. The van der Waals surface area contributed by atoms with Crippen molar-refractivity contribution in [3.8, 4) is 10.6 Å². The lowest BCUT2D eigenvalue weighted by atomic mass is 10.00. The van der Waals surface area contributed by atoms with Crippen molar-refractivity contribution in [2.45, 2.75) is 19.9 Å². The maximum Gasteiger partial charge on any atom is 0.273 e. The first-order chi connectivity index (χ1) is 11.0. The smallest absolute Gasteiger partial charge is 0.273 e. The van der Waals surface area contributed by atoms with E-state index in [4.69, 9.17) is 0 Å². The fourth-order valence-corrected chi connectivity index (χ4v) is 3.77. The molecule has 0 spiro atoms. The minimum Gasteiger partial charge on any atom is -0.334 e. The molecule has 1 aliphatic heterocycles. The predicted molar refractivity (Wildman–Crippen MR) is 91.5 cm³/mol. The molecule has 124 valence electrons. The van der Waals surface area contributed by atoms with E-state index in [1.165, 1.54) is 11.3 Å². The van der Waals surface area contributed by atoms with E-state index < -0.39 is 0 Å². The van der Waals surface area contributed by atoms with Gasteiger partial charge in [0, 0.05) is 49.9 Å². The summed E-state index contributed by atoms with van der Waals surface area (Å²) < 4.78 is 1.74. The number of carbonyl (C=O) groups is 1. The number of hydrogen-bond acceptors (Lipinski definition) is 5. The zero-order valence-corrected chi connectivity index (χ0v) is 14.9. The Bertz CT molecular complexity index is 692. The second-order valence-corrected chi connectivity index (χ2v) is 7.34. The Morgan fingerprint density at radius 3 is 2.78 bits per heavy atom. The molecule has 1 amide bonds. The van der Waals surface area contributed by atoms with Crippen molar-refractivity contribution < 1.29 is 4.79 Å². The van der Waals surface area contributed by atoms with E-state index in [2.05, 4.69) is 35.9 Å². The molecule has 2 aromatic heterocycles. The van der Waals surface area contributed by atoms with Crippen LogP contribution in [0.15, 0.2) is 17.8 Å². The van der Waals surface area contributed by atoms with Crippen molar-refractivity contribution in [1.82, 2.24) is 24.6 Å². The van der Waals surface area contributed by atoms with Gasteiger partial charge in [-0.2, -0.15) is 5.10 Å². The number of hydrogen-bond donors (Lipinski definition) is 0. The fraction of sp³-hybridized carbons (Fsp3) is 0.562. The van der Waals surface area contributed by atoms with Crippen LogP contribution in [0, 0.1) is 5.92 Å². The molecule has 0 N–H and O–H groups in total. The zero-order chi connectivity index (χ0) is 16.6. The van der Waals surface area contributed by atoms with Crippen LogP contribution >= 0.6 is 11.3 Å². The SMILES string of the molecule is CC(C)C1CN(C(=O)c2csc(-c3cnn(C)c3)n2)CCN1C. The van der Waals surface area contributed by atoms with Gasteiger partial charge in [-0.25, -0.2) is 4.98 Å². The Kier molecular flexibility index (Phi) is 4.50. The maximum absolute atomic E-state index is 12.8. The molecule has 0 saturated carbocycles. The van der Waals surface area contributed by atoms with Gasteiger partial charge in [0.25, 0.3) is 5.91 Å². The first kappa shape index (κ1) is 16.1. The van der Waals surface area contributed by atoms with Gasteiger partial charge in [0.2, 0.25) is 0 Å². The molecular formula is C16H23N5OS. The quantitative estimate of drug-likeness (QED) is 0.861. The zero-order valence-electron chi connectivity index (χ0n) is 14.1. The van der Waals surface area contributed by atoms with Crippen LogP contribution < -0.4 is 0 Å². The maximum atomic E-state index is 12.8. The minimum atomic E-state index is 0.0372. The number of thiazole rings is 1. The van der Waals surface area contributed by atoms with Crippen LogP contribution in [0.1, 0.15) is 24.3 Å². The second-order valence-electron chi connectivity index (χ2n) is 6.48. The Morgan fingerprint density at radius 2 is 2.13 bits per heavy atom. The second kappa shape index (κ2) is 6.41. The van der Waals surface area contributed by atoms with E-state index in [1.807, 2.05) is 23.5 Å². The number of nitrogens with zero attached hydrogens (tertiary/aromatic N) is 5. The molecule has 2 aromatic rings. The number of aryl methyl sites for hydroxylation is 1. The summed E-state index contributed by atoms with van der Waals surface area (Å²) in [5.74, 6) is 0.562. The number of carbonyl (C=O) groups excluding carboxylic acids is 1. The van der Waals surface area contributed by atoms with Gasteiger partial charge >= 0.3 is 0 Å². The summed E-state index contributed by atoms with van der Waals surface area (Å²) in [4.78, 5) is 21.6. The largest absolute Gasteiger partial charge is 0.334 e. The Morgan fingerprint density at radius 1 is 1.35 bits per heavy atom. The van der Waals surface area contributed by atoms with E-state index >= 15 is 0 Å². The van der Waals surface area contributed by atoms with Crippen LogP contribution in [0.4, 0.5) is 0 Å². The molecule has 0 aliphatic carbocycles. The Balaban J connectivity index is 1.74. The highest BCUT2D eigenvalue weighted by Gasteiger charge is 2.30. The van der Waals surface area contributed by atoms with E-state index in [0.717, 1.165) is 30.2 Å². The summed E-state index contributed by atoms with van der Waals surface area (Å²) in [6.45, 7) is 6.86. The third-order valence-corrected chi connectivity index (χ3v) is 5.32. The summed E-state index contributed by atoms with van der Waals surface area (Å²) >= 11 is 1.49. The van der Waals surface area contributed by atoms with Gasteiger partial charge in [-0.3, -0.25) is 14.4 Å². The Labute approximate surface area is 140 Å². The van der Waals surface area contributed by atoms with Gasteiger partial charge in [-0.05, 0) is 13.0 Å². The predicted octanol–water partition coefficient (Wildman–Crippen LogP) is 1.96. The van der Waals surface area contributed by atoms with Crippen LogP contribution in [0.3, 0.4) is 0 Å². The van der Waals surface area contributed by atoms with Gasteiger partial charge in [-0.1, -0.05) is 13.8 Å². The van der Waals surface area contributed by atoms with Gasteiger partial charge in [-0.15, -0.1) is 11.3 Å². The van der Waals surface area contributed by atoms with Crippen LogP contribution in [0.5, 0.6) is 0 Å². The molecule has 7 heteroatoms. The lowest BCUT2D eigenvalue weighted by Gasteiger charge is -2.41. The summed E-state index contributed by atoms with van der Waals surface area (Å²) in [6.07, 6.45) is 3.69. The van der Waals surface area contributed by atoms with Gasteiger partial charge in [0.05, 0.1) is 6.20 Å². The van der Waals surface area contributed by atoms with Crippen molar-refractivity contribution >= 4 is 17.2 Å². The number of piperazine rings is 1. The number of rotatable bonds is 3. The molecular weight excluding hydrogens is 310 g/mol. The highest BCUT2D eigenvalue weighted by atomic mass is 32.1. The van der Waals surface area contributed by atoms with E-state index in [0.29, 0.717) is 17.7 Å². The molecule has 6 nitrogen and oxygen atoms in total. The topological polar surface area (TPSA) is 54.3 Å². The highest BCUT2D eigenvalue weighted by Crippen LogP contribution is 2.24. The third kappa shape index (κ3) is 3.30. The number of aromatic nitrogens is 3. The van der Waals surface area contributed by atoms with E-state index in [9.17, 15) is 4.79 Å². The van der Waals surface area contributed by atoms with Crippen molar-refractivity contribution in [3.05, 3.63) is 23.5 Å². The molecule has 3 rings (SSSR count). The van der Waals surface area contributed by atoms with Crippen molar-refractivity contribution in [1.29, 1.82) is 0 Å². The van der Waals surface area contributed by atoms with Crippen LogP contribution in [0.2, 0.25) is 0 Å². The molecule has 1 aliphatic rings. The van der Waals surface area contributed by atoms with Crippen LogP contribution in [-0.4, -0.2) is 63.2 Å².